The van der Waals surface area contributed by atoms with Crippen LogP contribution in [0.3, 0.4) is 0 Å². The number of hydrogen-bond acceptors (Lipinski definition) is 9. The van der Waals surface area contributed by atoms with Gasteiger partial charge in [-0.15, -0.1) is 0 Å². The number of primary amides is 1. The van der Waals surface area contributed by atoms with Gasteiger partial charge in [0.25, 0.3) is 0 Å². The third-order valence-corrected chi connectivity index (χ3v) is 4.18. The van der Waals surface area contributed by atoms with E-state index in [0.717, 1.165) is 6.92 Å². The predicted octanol–water partition coefficient (Wildman–Crippen LogP) is -4.65. The first-order valence-electron chi connectivity index (χ1n) is 9.43. The molecule has 0 aromatic rings. The summed E-state index contributed by atoms with van der Waals surface area (Å²) in [4.78, 5) is 70.1. The van der Waals surface area contributed by atoms with E-state index in [2.05, 4.69) is 10.6 Å². The molecule has 0 aromatic carbocycles. The molecule has 0 heterocycles. The second kappa shape index (κ2) is 13.2. The van der Waals surface area contributed by atoms with Gasteiger partial charge in [-0.3, -0.25) is 24.0 Å². The molecular formula is C17H29N5O10. The van der Waals surface area contributed by atoms with Crippen LogP contribution in [0.25, 0.3) is 0 Å². The minimum absolute atomic E-state index is 0.464. The maximum Gasteiger partial charge on any atom is 0.326 e. The number of carboxylic acids is 2. The fourth-order valence-electron chi connectivity index (χ4n) is 2.34. The molecule has 0 fully saturated rings. The Labute approximate surface area is 182 Å². The topological polar surface area (TPSA) is 271 Å². The highest BCUT2D eigenvalue weighted by Gasteiger charge is 2.33. The van der Waals surface area contributed by atoms with E-state index in [9.17, 15) is 39.0 Å². The molecule has 0 spiro atoms. The number of aliphatic hydroxyl groups excluding tert-OH is 2. The number of aliphatic hydroxyl groups is 2. The molecule has 0 aliphatic heterocycles. The first-order chi connectivity index (χ1) is 14.7. The van der Waals surface area contributed by atoms with Gasteiger partial charge in [0.05, 0.1) is 18.6 Å². The van der Waals surface area contributed by atoms with Gasteiger partial charge < -0.3 is 47.8 Å². The summed E-state index contributed by atoms with van der Waals surface area (Å²) in [5.74, 6) is -7.13. The number of carboxylic acid groups (broad SMARTS) is 2. The first-order valence-corrected chi connectivity index (χ1v) is 9.43. The Kier molecular flexibility index (Phi) is 11.8. The van der Waals surface area contributed by atoms with Crippen LogP contribution in [0.2, 0.25) is 0 Å². The number of amides is 4. The molecule has 0 aliphatic rings. The molecule has 0 bridgehead atoms. The molecule has 11 N–H and O–H groups in total. The lowest BCUT2D eigenvalue weighted by Gasteiger charge is -2.26. The number of nitrogens with one attached hydrogen (secondary N) is 3. The molecule has 0 saturated carbocycles. The van der Waals surface area contributed by atoms with Gasteiger partial charge >= 0.3 is 11.9 Å². The van der Waals surface area contributed by atoms with E-state index >= 15 is 0 Å². The van der Waals surface area contributed by atoms with Gasteiger partial charge in [-0.2, -0.15) is 0 Å². The van der Waals surface area contributed by atoms with Gasteiger partial charge in [0, 0.05) is 6.42 Å². The molecule has 4 amide bonds. The number of carbonyl (C=O) groups excluding carboxylic acids is 4. The van der Waals surface area contributed by atoms with Crippen molar-refractivity contribution in [2.75, 3.05) is 0 Å². The van der Waals surface area contributed by atoms with Crippen molar-refractivity contribution in [3.8, 4) is 0 Å². The zero-order valence-corrected chi connectivity index (χ0v) is 17.5. The number of carbonyl (C=O) groups is 6. The van der Waals surface area contributed by atoms with E-state index in [1.807, 2.05) is 5.32 Å². The summed E-state index contributed by atoms with van der Waals surface area (Å²) in [6.07, 6.45) is -4.60. The molecule has 0 radical (unpaired) electrons. The second-order valence-electron chi connectivity index (χ2n) is 7.06. The van der Waals surface area contributed by atoms with Gasteiger partial charge in [0.1, 0.15) is 24.2 Å². The highest BCUT2D eigenvalue weighted by atomic mass is 16.4. The van der Waals surface area contributed by atoms with Crippen molar-refractivity contribution in [1.29, 1.82) is 0 Å². The van der Waals surface area contributed by atoms with Crippen LogP contribution in [0.1, 0.15) is 33.1 Å². The van der Waals surface area contributed by atoms with Crippen molar-refractivity contribution >= 4 is 35.6 Å². The molecule has 0 saturated heterocycles. The van der Waals surface area contributed by atoms with Crippen molar-refractivity contribution in [3.05, 3.63) is 0 Å². The van der Waals surface area contributed by atoms with Gasteiger partial charge in [-0.25, -0.2) is 4.79 Å². The zero-order chi connectivity index (χ0) is 25.2. The Morgan fingerprint density at radius 1 is 0.812 bits per heavy atom. The molecule has 0 aromatic heterocycles. The van der Waals surface area contributed by atoms with Crippen LogP contribution in [-0.4, -0.2) is 92.4 Å². The van der Waals surface area contributed by atoms with Crippen LogP contribution in [0, 0.1) is 0 Å². The van der Waals surface area contributed by atoms with Gasteiger partial charge in [-0.1, -0.05) is 0 Å². The van der Waals surface area contributed by atoms with E-state index in [0.29, 0.717) is 0 Å². The molecular weight excluding hydrogens is 434 g/mol. The Morgan fingerprint density at radius 2 is 1.34 bits per heavy atom. The Hall–Kier alpha value is -3.30. The SMILES string of the molecule is CC(O)C(N)C(=O)NC(CC(N)=O)C(=O)NC(C(=O)NC(CCC(=O)O)C(=O)O)C(C)O. The summed E-state index contributed by atoms with van der Waals surface area (Å²) >= 11 is 0. The summed E-state index contributed by atoms with van der Waals surface area (Å²) in [6, 6.07) is -6.42. The maximum atomic E-state index is 12.5. The van der Waals surface area contributed by atoms with Crippen LogP contribution in [0.5, 0.6) is 0 Å². The number of aliphatic carboxylic acids is 2. The van der Waals surface area contributed by atoms with Gasteiger partial charge in [0.15, 0.2) is 0 Å². The molecule has 0 rings (SSSR count). The predicted molar refractivity (Wildman–Crippen MR) is 105 cm³/mol. The van der Waals surface area contributed by atoms with E-state index in [4.69, 9.17) is 21.7 Å². The van der Waals surface area contributed by atoms with Gasteiger partial charge in [-0.05, 0) is 20.3 Å². The lowest BCUT2D eigenvalue weighted by Crippen LogP contribution is -2.60. The molecule has 15 heteroatoms. The Bertz CT molecular complexity index is 727. The van der Waals surface area contributed by atoms with E-state index < -0.39 is 91.2 Å². The van der Waals surface area contributed by atoms with Crippen LogP contribution >= 0.6 is 0 Å². The lowest BCUT2D eigenvalue weighted by molar-refractivity contribution is -0.144. The molecule has 32 heavy (non-hydrogen) atoms. The van der Waals surface area contributed by atoms with Crippen molar-refractivity contribution < 1.29 is 49.2 Å². The fourth-order valence-corrected chi connectivity index (χ4v) is 2.34. The average Bonchev–Trinajstić information content (AvgIpc) is 2.66. The quantitative estimate of drug-likeness (QED) is 0.118. The second-order valence-corrected chi connectivity index (χ2v) is 7.06. The monoisotopic (exact) mass is 463 g/mol. The minimum Gasteiger partial charge on any atom is -0.481 e. The average molecular weight is 463 g/mol. The smallest absolute Gasteiger partial charge is 0.326 e. The molecule has 6 unspecified atom stereocenters. The third kappa shape index (κ3) is 10.1. The lowest BCUT2D eigenvalue weighted by atomic mass is 10.1. The van der Waals surface area contributed by atoms with Crippen molar-refractivity contribution in [2.24, 2.45) is 11.5 Å². The van der Waals surface area contributed by atoms with Crippen LogP contribution in [0.15, 0.2) is 0 Å². The summed E-state index contributed by atoms with van der Waals surface area (Å²) in [5.41, 5.74) is 10.5. The molecule has 6 atom stereocenters. The Morgan fingerprint density at radius 3 is 1.75 bits per heavy atom. The maximum absolute atomic E-state index is 12.5. The summed E-state index contributed by atoms with van der Waals surface area (Å²) in [6.45, 7) is 2.31. The summed E-state index contributed by atoms with van der Waals surface area (Å²) in [5, 5.41) is 43.2. The van der Waals surface area contributed by atoms with Crippen molar-refractivity contribution in [2.45, 2.75) is 69.5 Å². The minimum atomic E-state index is -1.73. The number of hydrogen-bond donors (Lipinski definition) is 9. The van der Waals surface area contributed by atoms with Gasteiger partial charge in [0.2, 0.25) is 23.6 Å². The summed E-state index contributed by atoms with van der Waals surface area (Å²) < 4.78 is 0. The largest absolute Gasteiger partial charge is 0.481 e. The van der Waals surface area contributed by atoms with E-state index in [1.165, 1.54) is 6.92 Å². The van der Waals surface area contributed by atoms with Crippen molar-refractivity contribution in [1.82, 2.24) is 16.0 Å². The third-order valence-electron chi connectivity index (χ3n) is 4.18. The standard InChI is InChI=1S/C17H29N5O10/c1-6(23)12(19)15(29)21-9(5-10(18)25)14(28)22-13(7(2)24)16(30)20-8(17(31)32)3-4-11(26)27/h6-9,12-13,23-24H,3-5,19H2,1-2H3,(H2,18,25)(H,20,30)(H,21,29)(H,22,28)(H,26,27)(H,31,32). The number of nitrogens with two attached hydrogens (primary N) is 2. The van der Waals surface area contributed by atoms with E-state index in [-0.39, 0.29) is 0 Å². The molecule has 15 nitrogen and oxygen atoms in total. The van der Waals surface area contributed by atoms with Crippen LogP contribution in [-0.2, 0) is 28.8 Å². The molecule has 0 aliphatic carbocycles. The normalized spacial score (nSPS) is 16.4. The number of rotatable bonds is 14. The first kappa shape index (κ1) is 28.7. The van der Waals surface area contributed by atoms with E-state index in [1.54, 1.807) is 0 Å². The fraction of sp³-hybridized carbons (Fsp3) is 0.647. The zero-order valence-electron chi connectivity index (χ0n) is 17.5. The molecule has 182 valence electrons. The highest BCUT2D eigenvalue weighted by molar-refractivity contribution is 5.96. The summed E-state index contributed by atoms with van der Waals surface area (Å²) in [7, 11) is 0. The highest BCUT2D eigenvalue weighted by Crippen LogP contribution is 2.03. The van der Waals surface area contributed by atoms with Crippen LogP contribution in [0.4, 0.5) is 0 Å². The van der Waals surface area contributed by atoms with Crippen LogP contribution < -0.4 is 27.4 Å². The van der Waals surface area contributed by atoms with Crippen molar-refractivity contribution in [3.63, 3.8) is 0 Å². The Balaban J connectivity index is 5.45.